The predicted octanol–water partition coefficient (Wildman–Crippen LogP) is 5.16. The van der Waals surface area contributed by atoms with Crippen molar-refractivity contribution in [1.82, 2.24) is 9.88 Å². The zero-order chi connectivity index (χ0) is 22.4. The van der Waals surface area contributed by atoms with Gasteiger partial charge >= 0.3 is 0 Å². The molecule has 1 aromatic heterocycles. The van der Waals surface area contributed by atoms with Gasteiger partial charge in [-0.3, -0.25) is 9.88 Å². The molecule has 1 aliphatic rings. The molecule has 31 heavy (non-hydrogen) atoms. The Morgan fingerprint density at radius 3 is 2.48 bits per heavy atom. The Balaban J connectivity index is 1.99. The molecule has 0 aliphatic carbocycles. The molecule has 0 spiro atoms. The first-order valence-corrected chi connectivity index (χ1v) is 11.7. The van der Waals surface area contributed by atoms with Crippen LogP contribution in [0.4, 0.5) is 0 Å². The standard InChI is InChI=1S/C26H38N2O3/c1-7-20-11-10-12-21(8-2)26(20)23-15-24(31-18(4)5)22(19(6)27-23)16-28-13-14-30-25(17-28)29-9-3/h10-12,15,18,25H,7-9,13-14,16-17H2,1-6H3. The average molecular weight is 427 g/mol. The largest absolute Gasteiger partial charge is 0.491 e. The monoisotopic (exact) mass is 426 g/mol. The molecule has 2 aromatic rings. The summed E-state index contributed by atoms with van der Waals surface area (Å²) in [6.45, 7) is 16.4. The highest BCUT2D eigenvalue weighted by Gasteiger charge is 2.24. The van der Waals surface area contributed by atoms with Crippen LogP contribution < -0.4 is 4.74 Å². The summed E-state index contributed by atoms with van der Waals surface area (Å²) in [6.07, 6.45) is 1.91. The van der Waals surface area contributed by atoms with Gasteiger partial charge in [0, 0.05) is 49.1 Å². The van der Waals surface area contributed by atoms with Crippen LogP contribution in [0.25, 0.3) is 11.3 Å². The molecule has 1 saturated heterocycles. The molecule has 1 aliphatic heterocycles. The molecule has 0 amide bonds. The third-order valence-corrected chi connectivity index (χ3v) is 5.76. The van der Waals surface area contributed by atoms with Crippen LogP contribution in [0.1, 0.15) is 57.0 Å². The summed E-state index contributed by atoms with van der Waals surface area (Å²) < 4.78 is 17.7. The number of ether oxygens (including phenoxy) is 3. The topological polar surface area (TPSA) is 43.8 Å². The highest BCUT2D eigenvalue weighted by atomic mass is 16.7. The first-order valence-electron chi connectivity index (χ1n) is 11.7. The summed E-state index contributed by atoms with van der Waals surface area (Å²) >= 11 is 0. The Hall–Kier alpha value is -1.95. The number of rotatable bonds is 9. The number of aryl methyl sites for hydroxylation is 3. The van der Waals surface area contributed by atoms with E-state index in [0.717, 1.165) is 55.2 Å². The molecule has 1 fully saturated rings. The summed E-state index contributed by atoms with van der Waals surface area (Å²) in [6, 6.07) is 8.73. The van der Waals surface area contributed by atoms with Crippen molar-refractivity contribution in [2.24, 2.45) is 0 Å². The average Bonchev–Trinajstić information content (AvgIpc) is 2.75. The molecule has 1 unspecified atom stereocenters. The van der Waals surface area contributed by atoms with Gasteiger partial charge in [0.15, 0.2) is 6.29 Å². The molecule has 1 aromatic carbocycles. The summed E-state index contributed by atoms with van der Waals surface area (Å²) in [4.78, 5) is 7.45. The van der Waals surface area contributed by atoms with Crippen LogP contribution in [0.5, 0.6) is 5.75 Å². The molecule has 0 saturated carbocycles. The minimum Gasteiger partial charge on any atom is -0.491 e. The zero-order valence-electron chi connectivity index (χ0n) is 20.0. The van der Waals surface area contributed by atoms with E-state index in [0.29, 0.717) is 13.2 Å². The van der Waals surface area contributed by atoms with Gasteiger partial charge in [-0.2, -0.15) is 0 Å². The number of nitrogens with zero attached hydrogens (tertiary/aromatic N) is 2. The van der Waals surface area contributed by atoms with Crippen LogP contribution >= 0.6 is 0 Å². The van der Waals surface area contributed by atoms with Gasteiger partial charge in [0.1, 0.15) is 5.75 Å². The normalized spacial score (nSPS) is 17.3. The Morgan fingerprint density at radius 1 is 1.16 bits per heavy atom. The fourth-order valence-corrected chi connectivity index (χ4v) is 4.24. The summed E-state index contributed by atoms with van der Waals surface area (Å²) in [5.74, 6) is 0.935. The van der Waals surface area contributed by atoms with Crippen molar-refractivity contribution < 1.29 is 14.2 Å². The van der Waals surface area contributed by atoms with Gasteiger partial charge in [0.05, 0.1) is 18.4 Å². The lowest BCUT2D eigenvalue weighted by atomic mass is 9.94. The van der Waals surface area contributed by atoms with Crippen LogP contribution in [0.2, 0.25) is 0 Å². The molecule has 3 rings (SSSR count). The van der Waals surface area contributed by atoms with Crippen LogP contribution in [0, 0.1) is 6.92 Å². The van der Waals surface area contributed by atoms with E-state index >= 15 is 0 Å². The van der Waals surface area contributed by atoms with E-state index in [-0.39, 0.29) is 12.4 Å². The minimum atomic E-state index is -0.163. The van der Waals surface area contributed by atoms with E-state index in [1.54, 1.807) is 0 Å². The second-order valence-electron chi connectivity index (χ2n) is 8.39. The number of aromatic nitrogens is 1. The van der Waals surface area contributed by atoms with Crippen LogP contribution in [-0.4, -0.2) is 48.6 Å². The zero-order valence-corrected chi connectivity index (χ0v) is 20.0. The van der Waals surface area contributed by atoms with E-state index in [4.69, 9.17) is 19.2 Å². The number of hydrogen-bond donors (Lipinski definition) is 0. The van der Waals surface area contributed by atoms with E-state index in [9.17, 15) is 0 Å². The first-order chi connectivity index (χ1) is 15.0. The number of morpholine rings is 1. The molecular weight excluding hydrogens is 388 g/mol. The third kappa shape index (κ3) is 5.85. The summed E-state index contributed by atoms with van der Waals surface area (Å²) in [7, 11) is 0. The lowest BCUT2D eigenvalue weighted by Gasteiger charge is -2.33. The van der Waals surface area contributed by atoms with Crippen LogP contribution in [-0.2, 0) is 28.9 Å². The Morgan fingerprint density at radius 2 is 1.87 bits per heavy atom. The SMILES string of the molecule is CCOC1CN(Cc2c(OC(C)C)cc(-c3c(CC)cccc3CC)nc2C)CCO1. The van der Waals surface area contributed by atoms with Crippen molar-refractivity contribution in [2.45, 2.75) is 73.3 Å². The van der Waals surface area contributed by atoms with Gasteiger partial charge in [0.2, 0.25) is 0 Å². The molecule has 0 bridgehead atoms. The first kappa shape index (κ1) is 23.7. The lowest BCUT2D eigenvalue weighted by molar-refractivity contribution is -0.178. The molecule has 2 heterocycles. The van der Waals surface area contributed by atoms with Crippen LogP contribution in [0.15, 0.2) is 24.3 Å². The van der Waals surface area contributed by atoms with Crippen molar-refractivity contribution >= 4 is 0 Å². The fourth-order valence-electron chi connectivity index (χ4n) is 4.24. The van der Waals surface area contributed by atoms with E-state index < -0.39 is 0 Å². The molecule has 5 heteroatoms. The number of hydrogen-bond acceptors (Lipinski definition) is 5. The van der Waals surface area contributed by atoms with Crippen molar-refractivity contribution in [1.29, 1.82) is 0 Å². The lowest BCUT2D eigenvalue weighted by Crippen LogP contribution is -2.43. The second-order valence-corrected chi connectivity index (χ2v) is 8.39. The van der Waals surface area contributed by atoms with Gasteiger partial charge in [0.25, 0.3) is 0 Å². The van der Waals surface area contributed by atoms with Crippen molar-refractivity contribution in [2.75, 3.05) is 26.3 Å². The highest BCUT2D eigenvalue weighted by molar-refractivity contribution is 5.70. The van der Waals surface area contributed by atoms with Gasteiger partial charge in [-0.15, -0.1) is 0 Å². The maximum atomic E-state index is 6.32. The summed E-state index contributed by atoms with van der Waals surface area (Å²) in [5, 5.41) is 0. The van der Waals surface area contributed by atoms with Crippen LogP contribution in [0.3, 0.4) is 0 Å². The molecule has 0 N–H and O–H groups in total. The van der Waals surface area contributed by atoms with Crippen molar-refractivity contribution in [3.05, 3.63) is 46.6 Å². The molecule has 170 valence electrons. The quantitative estimate of drug-likeness (QED) is 0.554. The second kappa shape index (κ2) is 11.1. The van der Waals surface area contributed by atoms with E-state index in [2.05, 4.69) is 63.8 Å². The molecule has 1 atom stereocenters. The maximum Gasteiger partial charge on any atom is 0.170 e. The Labute approximate surface area is 187 Å². The van der Waals surface area contributed by atoms with Gasteiger partial charge in [-0.05, 0) is 51.7 Å². The summed E-state index contributed by atoms with van der Waals surface area (Å²) in [5.41, 5.74) is 7.13. The number of benzene rings is 1. The van der Waals surface area contributed by atoms with E-state index in [1.165, 1.54) is 16.7 Å². The van der Waals surface area contributed by atoms with Gasteiger partial charge < -0.3 is 14.2 Å². The number of pyridine rings is 1. The smallest absolute Gasteiger partial charge is 0.170 e. The fraction of sp³-hybridized carbons (Fsp3) is 0.577. The van der Waals surface area contributed by atoms with Crippen molar-refractivity contribution in [3.63, 3.8) is 0 Å². The Kier molecular flexibility index (Phi) is 8.47. The maximum absolute atomic E-state index is 6.32. The van der Waals surface area contributed by atoms with Gasteiger partial charge in [-0.25, -0.2) is 0 Å². The molecular formula is C26H38N2O3. The highest BCUT2D eigenvalue weighted by Crippen LogP contribution is 2.34. The van der Waals surface area contributed by atoms with Crippen molar-refractivity contribution in [3.8, 4) is 17.0 Å². The molecule has 5 nitrogen and oxygen atoms in total. The molecule has 0 radical (unpaired) electrons. The minimum absolute atomic E-state index is 0.0985. The third-order valence-electron chi connectivity index (χ3n) is 5.76. The predicted molar refractivity (Wildman–Crippen MR) is 126 cm³/mol. The van der Waals surface area contributed by atoms with E-state index in [1.807, 2.05) is 6.92 Å². The Bertz CT molecular complexity index is 842. The van der Waals surface area contributed by atoms with Gasteiger partial charge in [-0.1, -0.05) is 32.0 Å².